The summed E-state index contributed by atoms with van der Waals surface area (Å²) >= 11 is 0. The van der Waals surface area contributed by atoms with E-state index in [1.807, 2.05) is 0 Å². The van der Waals surface area contributed by atoms with Crippen molar-refractivity contribution < 1.29 is 4.79 Å². The van der Waals surface area contributed by atoms with Crippen LogP contribution in [-0.2, 0) is 11.3 Å². The van der Waals surface area contributed by atoms with Crippen LogP contribution in [0, 0.1) is 12.8 Å². The van der Waals surface area contributed by atoms with Gasteiger partial charge < -0.3 is 24.6 Å². The van der Waals surface area contributed by atoms with Gasteiger partial charge in [0, 0.05) is 51.7 Å². The molecule has 0 saturated carbocycles. The third-order valence-electron chi connectivity index (χ3n) is 8.11. The van der Waals surface area contributed by atoms with Crippen LogP contribution < -0.4 is 10.2 Å². The molecule has 1 N–H and O–H groups in total. The highest BCUT2D eigenvalue weighted by molar-refractivity contribution is 5.80. The lowest BCUT2D eigenvalue weighted by molar-refractivity contribution is -0.125. The number of piperidine rings is 1. The van der Waals surface area contributed by atoms with Gasteiger partial charge in [-0.25, -0.2) is 4.98 Å². The quantitative estimate of drug-likeness (QED) is 0.452. The number of likely N-dealkylation sites (N-methyl/N-ethyl adjacent to an activating group) is 1. The van der Waals surface area contributed by atoms with Gasteiger partial charge in [-0.15, -0.1) is 0 Å². The third kappa shape index (κ3) is 6.33. The summed E-state index contributed by atoms with van der Waals surface area (Å²) in [5.74, 6) is 1.34. The zero-order valence-corrected chi connectivity index (χ0v) is 22.5. The van der Waals surface area contributed by atoms with Crippen molar-refractivity contribution in [2.24, 2.45) is 5.92 Å². The van der Waals surface area contributed by atoms with Crippen molar-refractivity contribution in [2.75, 3.05) is 63.8 Å². The molecule has 0 bridgehead atoms. The van der Waals surface area contributed by atoms with E-state index in [2.05, 4.69) is 87.0 Å². The van der Waals surface area contributed by atoms with Crippen LogP contribution in [0.5, 0.6) is 0 Å². The third-order valence-corrected chi connectivity index (χ3v) is 8.11. The molecular weight excluding hydrogens is 460 g/mol. The van der Waals surface area contributed by atoms with Gasteiger partial charge in [-0.3, -0.25) is 4.79 Å². The largest absolute Gasteiger partial charge is 0.356 e. The standard InChI is InChI=1S/C30H42N6O/c1-3-33-19-21-34(22-20-33)16-6-15-31-29(37)26-13-17-35(18-14-26)30-32-27-7-4-5-8-28(27)36(30)23-25-11-9-24(2)10-12-25/h4-5,7-12,26H,3,6,13-23H2,1-2H3,(H,31,37). The fourth-order valence-electron chi connectivity index (χ4n) is 5.67. The Morgan fingerprint density at radius 3 is 2.38 bits per heavy atom. The number of aryl methyl sites for hydroxylation is 1. The summed E-state index contributed by atoms with van der Waals surface area (Å²) in [6, 6.07) is 17.1. The summed E-state index contributed by atoms with van der Waals surface area (Å²) < 4.78 is 2.33. The van der Waals surface area contributed by atoms with Crippen LogP contribution in [0.15, 0.2) is 48.5 Å². The van der Waals surface area contributed by atoms with Gasteiger partial charge in [-0.05, 0) is 57.0 Å². The van der Waals surface area contributed by atoms with Crippen molar-refractivity contribution in [3.05, 3.63) is 59.7 Å². The van der Waals surface area contributed by atoms with E-state index in [9.17, 15) is 4.79 Å². The Bertz CT molecular complexity index is 1160. The average molecular weight is 503 g/mol. The molecule has 37 heavy (non-hydrogen) atoms. The predicted octanol–water partition coefficient (Wildman–Crippen LogP) is 3.75. The fraction of sp³-hybridized carbons (Fsp3) is 0.533. The molecule has 3 heterocycles. The number of anilines is 1. The molecule has 2 aromatic carbocycles. The van der Waals surface area contributed by atoms with E-state index >= 15 is 0 Å². The zero-order valence-electron chi connectivity index (χ0n) is 22.5. The molecule has 0 aliphatic carbocycles. The minimum absolute atomic E-state index is 0.0966. The Labute approximate surface area is 221 Å². The molecule has 2 aliphatic heterocycles. The molecule has 2 aliphatic rings. The van der Waals surface area contributed by atoms with Crippen LogP contribution >= 0.6 is 0 Å². The molecule has 7 heteroatoms. The highest BCUT2D eigenvalue weighted by atomic mass is 16.1. The zero-order chi connectivity index (χ0) is 25.6. The lowest BCUT2D eigenvalue weighted by atomic mass is 9.96. The first-order valence-electron chi connectivity index (χ1n) is 14.1. The maximum absolute atomic E-state index is 12.9. The van der Waals surface area contributed by atoms with E-state index in [1.165, 1.54) is 24.2 Å². The van der Waals surface area contributed by atoms with Crippen LogP contribution in [0.4, 0.5) is 5.95 Å². The highest BCUT2D eigenvalue weighted by Gasteiger charge is 2.27. The Hall–Kier alpha value is -2.90. The first-order valence-corrected chi connectivity index (χ1v) is 14.1. The minimum atomic E-state index is 0.0966. The number of aromatic nitrogens is 2. The van der Waals surface area contributed by atoms with Gasteiger partial charge in [0.2, 0.25) is 11.9 Å². The number of imidazole rings is 1. The monoisotopic (exact) mass is 502 g/mol. The molecule has 0 radical (unpaired) electrons. The van der Waals surface area contributed by atoms with Gasteiger partial charge in [0.15, 0.2) is 0 Å². The van der Waals surface area contributed by atoms with Crippen LogP contribution in [-0.4, -0.2) is 84.2 Å². The van der Waals surface area contributed by atoms with Gasteiger partial charge in [0.1, 0.15) is 0 Å². The molecule has 2 saturated heterocycles. The lowest BCUT2D eigenvalue weighted by Gasteiger charge is -2.34. The molecule has 0 spiro atoms. The number of rotatable bonds is 9. The van der Waals surface area contributed by atoms with E-state index < -0.39 is 0 Å². The van der Waals surface area contributed by atoms with Gasteiger partial charge in [0.25, 0.3) is 0 Å². The number of carbonyl (C=O) groups is 1. The fourth-order valence-corrected chi connectivity index (χ4v) is 5.67. The number of hydrogen-bond acceptors (Lipinski definition) is 5. The Morgan fingerprint density at radius 2 is 1.65 bits per heavy atom. The summed E-state index contributed by atoms with van der Waals surface area (Å²) in [4.78, 5) is 25.3. The number of piperazine rings is 1. The van der Waals surface area contributed by atoms with Crippen molar-refractivity contribution >= 4 is 22.9 Å². The predicted molar refractivity (Wildman–Crippen MR) is 151 cm³/mol. The van der Waals surface area contributed by atoms with E-state index in [4.69, 9.17) is 4.98 Å². The van der Waals surface area contributed by atoms with Crippen molar-refractivity contribution in [3.8, 4) is 0 Å². The second-order valence-electron chi connectivity index (χ2n) is 10.7. The van der Waals surface area contributed by atoms with E-state index in [-0.39, 0.29) is 11.8 Å². The number of para-hydroxylation sites is 2. The minimum Gasteiger partial charge on any atom is -0.356 e. The average Bonchev–Trinajstić information content (AvgIpc) is 3.31. The summed E-state index contributed by atoms with van der Waals surface area (Å²) in [6.07, 6.45) is 2.77. The van der Waals surface area contributed by atoms with Crippen molar-refractivity contribution in [2.45, 2.75) is 39.7 Å². The van der Waals surface area contributed by atoms with Crippen molar-refractivity contribution in [1.29, 1.82) is 0 Å². The van der Waals surface area contributed by atoms with Crippen LogP contribution in [0.25, 0.3) is 11.0 Å². The van der Waals surface area contributed by atoms with E-state index in [0.29, 0.717) is 0 Å². The molecule has 0 unspecified atom stereocenters. The lowest BCUT2D eigenvalue weighted by Crippen LogP contribution is -2.47. The van der Waals surface area contributed by atoms with Gasteiger partial charge >= 0.3 is 0 Å². The van der Waals surface area contributed by atoms with Crippen LogP contribution in [0.3, 0.4) is 0 Å². The Morgan fingerprint density at radius 1 is 0.946 bits per heavy atom. The smallest absolute Gasteiger partial charge is 0.223 e. The second kappa shape index (κ2) is 12.1. The summed E-state index contributed by atoms with van der Waals surface area (Å²) in [5.41, 5.74) is 4.74. The summed E-state index contributed by atoms with van der Waals surface area (Å²) in [7, 11) is 0. The maximum atomic E-state index is 12.9. The molecule has 3 aromatic rings. The molecule has 1 amide bonds. The van der Waals surface area contributed by atoms with E-state index in [1.54, 1.807) is 0 Å². The first-order chi connectivity index (χ1) is 18.1. The molecule has 0 atom stereocenters. The maximum Gasteiger partial charge on any atom is 0.223 e. The van der Waals surface area contributed by atoms with Crippen molar-refractivity contribution in [3.63, 3.8) is 0 Å². The summed E-state index contributed by atoms with van der Waals surface area (Å²) in [5, 5.41) is 3.22. The van der Waals surface area contributed by atoms with Crippen LogP contribution in [0.2, 0.25) is 0 Å². The number of nitrogens with zero attached hydrogens (tertiary/aromatic N) is 5. The Balaban J connectivity index is 1.13. The molecule has 7 nitrogen and oxygen atoms in total. The van der Waals surface area contributed by atoms with Crippen LogP contribution in [0.1, 0.15) is 37.3 Å². The molecule has 2 fully saturated rings. The molecule has 1 aromatic heterocycles. The molecular formula is C30H42N6O. The number of hydrogen-bond donors (Lipinski definition) is 1. The number of benzene rings is 2. The number of nitrogens with one attached hydrogen (secondary N) is 1. The SMILES string of the molecule is CCN1CCN(CCCNC(=O)C2CCN(c3nc4ccccc4n3Cc3ccc(C)cc3)CC2)CC1. The Kier molecular flexibility index (Phi) is 8.41. The number of amides is 1. The molecule has 5 rings (SSSR count). The summed E-state index contributed by atoms with van der Waals surface area (Å²) in [6.45, 7) is 14.5. The van der Waals surface area contributed by atoms with Gasteiger partial charge in [0.05, 0.1) is 17.6 Å². The number of fused-ring (bicyclic) bond motifs is 1. The van der Waals surface area contributed by atoms with Gasteiger partial charge in [-0.1, -0.05) is 48.9 Å². The highest BCUT2D eigenvalue weighted by Crippen LogP contribution is 2.28. The topological polar surface area (TPSA) is 56.6 Å². The normalized spacial score (nSPS) is 17.9. The van der Waals surface area contributed by atoms with Gasteiger partial charge in [-0.2, -0.15) is 0 Å². The van der Waals surface area contributed by atoms with E-state index in [0.717, 1.165) is 88.6 Å². The van der Waals surface area contributed by atoms with Crippen molar-refractivity contribution in [1.82, 2.24) is 24.7 Å². The second-order valence-corrected chi connectivity index (χ2v) is 10.7. The molecule has 198 valence electrons. The number of carbonyl (C=O) groups excluding carboxylic acids is 1. The first kappa shape index (κ1) is 25.7.